The van der Waals surface area contributed by atoms with Crippen molar-refractivity contribution in [1.29, 1.82) is 0 Å². The number of para-hydroxylation sites is 1. The summed E-state index contributed by atoms with van der Waals surface area (Å²) in [6, 6.07) is 7.33. The van der Waals surface area contributed by atoms with Gasteiger partial charge in [-0.05, 0) is 12.1 Å². The molecule has 0 bridgehead atoms. The molecule has 2 rings (SSSR count). The number of benzene rings is 1. The van der Waals surface area contributed by atoms with Gasteiger partial charge in [-0.1, -0.05) is 18.2 Å². The van der Waals surface area contributed by atoms with Crippen LogP contribution in [-0.4, -0.2) is 34.6 Å². The van der Waals surface area contributed by atoms with Crippen LogP contribution in [0.2, 0.25) is 0 Å². The zero-order valence-corrected chi connectivity index (χ0v) is 10.00. The van der Waals surface area contributed by atoms with Crippen molar-refractivity contribution in [3.05, 3.63) is 42.7 Å². The first-order chi connectivity index (χ1) is 8.63. The molecule has 0 amide bonds. The molecule has 92 valence electrons. The smallest absolute Gasteiger partial charge is 0.374 e. The molecule has 2 aromatic rings. The average molecular weight is 243 g/mol. The first-order valence-electron chi connectivity index (χ1n) is 5.45. The second-order valence-corrected chi connectivity index (χ2v) is 3.86. The van der Waals surface area contributed by atoms with Gasteiger partial charge in [0.1, 0.15) is 5.82 Å². The van der Waals surface area contributed by atoms with Gasteiger partial charge in [-0.3, -0.25) is 0 Å². The molecular weight excluding hydrogens is 230 g/mol. The van der Waals surface area contributed by atoms with Crippen molar-refractivity contribution < 1.29 is 9.90 Å². The molecule has 5 heteroatoms. The van der Waals surface area contributed by atoms with Gasteiger partial charge in [0.15, 0.2) is 0 Å². The third kappa shape index (κ3) is 2.15. The van der Waals surface area contributed by atoms with Gasteiger partial charge in [0.05, 0.1) is 5.52 Å². The molecule has 18 heavy (non-hydrogen) atoms. The van der Waals surface area contributed by atoms with E-state index in [0.717, 1.165) is 5.39 Å². The van der Waals surface area contributed by atoms with Crippen molar-refractivity contribution >= 4 is 22.7 Å². The molecule has 0 atom stereocenters. The summed E-state index contributed by atoms with van der Waals surface area (Å²) in [5.41, 5.74) is 0.621. The molecule has 0 radical (unpaired) electrons. The number of anilines is 1. The maximum Gasteiger partial charge on any atom is 0.374 e. The standard InChI is InChI=1S/C13H13N3O2/c1-3-8-16(2)12-9-6-4-5-7-10(9)14-11(15-12)13(17)18/h3-7H,1,8H2,2H3,(H,17,18). The number of likely N-dealkylation sites (N-methyl/N-ethyl adjacent to an activating group) is 1. The fraction of sp³-hybridized carbons (Fsp3) is 0.154. The summed E-state index contributed by atoms with van der Waals surface area (Å²) < 4.78 is 0. The van der Waals surface area contributed by atoms with E-state index in [2.05, 4.69) is 16.5 Å². The summed E-state index contributed by atoms with van der Waals surface area (Å²) in [5.74, 6) is -0.730. The average Bonchev–Trinajstić information content (AvgIpc) is 2.37. The summed E-state index contributed by atoms with van der Waals surface area (Å²) in [5, 5.41) is 9.84. The molecule has 0 spiro atoms. The summed E-state index contributed by atoms with van der Waals surface area (Å²) in [6.07, 6.45) is 1.73. The third-order valence-electron chi connectivity index (χ3n) is 2.54. The number of aromatic carboxylic acids is 1. The van der Waals surface area contributed by atoms with Crippen LogP contribution in [0.4, 0.5) is 5.82 Å². The number of carboxylic acid groups (broad SMARTS) is 1. The van der Waals surface area contributed by atoms with Crippen LogP contribution >= 0.6 is 0 Å². The van der Waals surface area contributed by atoms with E-state index in [0.29, 0.717) is 17.9 Å². The highest BCUT2D eigenvalue weighted by Crippen LogP contribution is 2.22. The molecule has 0 saturated carbocycles. The molecule has 1 heterocycles. The summed E-state index contributed by atoms with van der Waals surface area (Å²) in [6.45, 7) is 4.25. The SMILES string of the molecule is C=CCN(C)c1nc(C(=O)O)nc2ccccc12. The number of nitrogens with zero attached hydrogens (tertiary/aromatic N) is 3. The van der Waals surface area contributed by atoms with Crippen molar-refractivity contribution in [2.45, 2.75) is 0 Å². The third-order valence-corrected chi connectivity index (χ3v) is 2.54. The molecule has 0 aliphatic carbocycles. The number of carbonyl (C=O) groups is 1. The number of carboxylic acids is 1. The van der Waals surface area contributed by atoms with Crippen LogP contribution in [-0.2, 0) is 0 Å². The van der Waals surface area contributed by atoms with Gasteiger partial charge in [-0.25, -0.2) is 14.8 Å². The van der Waals surface area contributed by atoms with Gasteiger partial charge in [-0.15, -0.1) is 6.58 Å². The molecular formula is C13H13N3O2. The van der Waals surface area contributed by atoms with E-state index in [-0.39, 0.29) is 5.82 Å². The highest BCUT2D eigenvalue weighted by Gasteiger charge is 2.14. The van der Waals surface area contributed by atoms with Gasteiger partial charge in [0.2, 0.25) is 5.82 Å². The van der Waals surface area contributed by atoms with Crippen LogP contribution in [0.3, 0.4) is 0 Å². The van der Waals surface area contributed by atoms with E-state index in [1.165, 1.54) is 0 Å². The first-order valence-corrected chi connectivity index (χ1v) is 5.45. The van der Waals surface area contributed by atoms with Crippen LogP contribution < -0.4 is 4.90 Å². The van der Waals surface area contributed by atoms with Crippen LogP contribution in [0.15, 0.2) is 36.9 Å². The highest BCUT2D eigenvalue weighted by atomic mass is 16.4. The normalized spacial score (nSPS) is 10.3. The lowest BCUT2D eigenvalue weighted by Gasteiger charge is -2.18. The van der Waals surface area contributed by atoms with Gasteiger partial charge in [0.25, 0.3) is 0 Å². The predicted octanol–water partition coefficient (Wildman–Crippen LogP) is 1.95. The maximum atomic E-state index is 11.0. The van der Waals surface area contributed by atoms with E-state index < -0.39 is 5.97 Å². The minimum Gasteiger partial charge on any atom is -0.475 e. The lowest BCUT2D eigenvalue weighted by molar-refractivity contribution is 0.0684. The minimum atomic E-state index is -1.13. The second-order valence-electron chi connectivity index (χ2n) is 3.86. The number of aromatic nitrogens is 2. The molecule has 1 aromatic carbocycles. The lowest BCUT2D eigenvalue weighted by atomic mass is 10.2. The molecule has 5 nitrogen and oxygen atoms in total. The minimum absolute atomic E-state index is 0.195. The molecule has 0 saturated heterocycles. The lowest BCUT2D eigenvalue weighted by Crippen LogP contribution is -2.20. The van der Waals surface area contributed by atoms with E-state index in [9.17, 15) is 4.79 Å². The van der Waals surface area contributed by atoms with Crippen LogP contribution in [0.5, 0.6) is 0 Å². The summed E-state index contributed by atoms with van der Waals surface area (Å²) >= 11 is 0. The first kappa shape index (κ1) is 12.0. The van der Waals surface area contributed by atoms with Gasteiger partial charge in [-0.2, -0.15) is 0 Å². The number of hydrogen-bond acceptors (Lipinski definition) is 4. The zero-order chi connectivity index (χ0) is 13.1. The van der Waals surface area contributed by atoms with E-state index in [4.69, 9.17) is 5.11 Å². The topological polar surface area (TPSA) is 66.3 Å². The van der Waals surface area contributed by atoms with E-state index >= 15 is 0 Å². The Hall–Kier alpha value is -2.43. The van der Waals surface area contributed by atoms with Crippen LogP contribution in [0.25, 0.3) is 10.9 Å². The van der Waals surface area contributed by atoms with Crippen LogP contribution in [0.1, 0.15) is 10.6 Å². The highest BCUT2D eigenvalue weighted by molar-refractivity contribution is 5.93. The van der Waals surface area contributed by atoms with Crippen molar-refractivity contribution in [2.75, 3.05) is 18.5 Å². The molecule has 0 aliphatic rings. The van der Waals surface area contributed by atoms with Gasteiger partial charge in [0, 0.05) is 19.0 Å². The molecule has 0 unspecified atom stereocenters. The monoisotopic (exact) mass is 243 g/mol. The van der Waals surface area contributed by atoms with Crippen molar-refractivity contribution in [3.63, 3.8) is 0 Å². The van der Waals surface area contributed by atoms with Gasteiger partial charge < -0.3 is 10.0 Å². The Kier molecular flexibility index (Phi) is 3.23. The fourth-order valence-electron chi connectivity index (χ4n) is 1.73. The molecule has 0 fully saturated rings. The van der Waals surface area contributed by atoms with Gasteiger partial charge >= 0.3 is 5.97 Å². The predicted molar refractivity (Wildman–Crippen MR) is 70.0 cm³/mol. The van der Waals surface area contributed by atoms with Crippen molar-refractivity contribution in [1.82, 2.24) is 9.97 Å². The van der Waals surface area contributed by atoms with Crippen LogP contribution in [0, 0.1) is 0 Å². The molecule has 1 aromatic heterocycles. The molecule has 0 aliphatic heterocycles. The van der Waals surface area contributed by atoms with Crippen molar-refractivity contribution in [2.24, 2.45) is 0 Å². The quantitative estimate of drug-likeness (QED) is 0.831. The Balaban J connectivity index is 2.67. The number of hydrogen-bond donors (Lipinski definition) is 1. The zero-order valence-electron chi connectivity index (χ0n) is 10.00. The molecule has 1 N–H and O–H groups in total. The van der Waals surface area contributed by atoms with E-state index in [1.807, 2.05) is 30.1 Å². The largest absolute Gasteiger partial charge is 0.475 e. The second kappa shape index (κ2) is 4.83. The van der Waals surface area contributed by atoms with E-state index in [1.54, 1.807) is 12.1 Å². The summed E-state index contributed by atoms with van der Waals surface area (Å²) in [4.78, 5) is 21.0. The Morgan fingerprint density at radius 1 is 1.44 bits per heavy atom. The van der Waals surface area contributed by atoms with Crippen molar-refractivity contribution in [3.8, 4) is 0 Å². The Bertz CT molecular complexity index is 610. The number of rotatable bonds is 4. The Morgan fingerprint density at radius 2 is 2.17 bits per heavy atom. The fourth-order valence-corrected chi connectivity index (χ4v) is 1.73. The summed E-state index contributed by atoms with van der Waals surface area (Å²) in [7, 11) is 1.84. The maximum absolute atomic E-state index is 11.0. The Morgan fingerprint density at radius 3 is 2.83 bits per heavy atom. The number of fused-ring (bicyclic) bond motifs is 1. The Labute approximate surface area is 104 Å².